The maximum atomic E-state index is 13.6. The first-order chi connectivity index (χ1) is 16.1. The minimum absolute atomic E-state index is 0.0419. The number of nitrogens with zero attached hydrogens (tertiary/aromatic N) is 4. The molecule has 1 fully saturated rings. The van der Waals surface area contributed by atoms with Gasteiger partial charge in [-0.25, -0.2) is 13.4 Å². The molecule has 0 unspecified atom stereocenters. The molecule has 3 rings (SSSR count). The van der Waals surface area contributed by atoms with Gasteiger partial charge in [-0.3, -0.25) is 14.2 Å². The van der Waals surface area contributed by atoms with Crippen LogP contribution < -0.4 is 10.9 Å². The number of piperidine rings is 1. The second-order valence-electron chi connectivity index (χ2n) is 9.34. The van der Waals surface area contributed by atoms with Crippen molar-refractivity contribution in [1.29, 1.82) is 0 Å². The van der Waals surface area contributed by atoms with E-state index in [9.17, 15) is 18.0 Å². The Labute approximate surface area is 206 Å². The first kappa shape index (κ1) is 26.8. The number of carbonyl (C=O) groups is 1. The fourth-order valence-electron chi connectivity index (χ4n) is 4.75. The number of aryl methyl sites for hydroxylation is 1. The van der Waals surface area contributed by atoms with Crippen LogP contribution in [0.1, 0.15) is 45.4 Å². The highest BCUT2D eigenvalue weighted by atomic mass is 32.2. The lowest BCUT2D eigenvalue weighted by molar-refractivity contribution is -0.121. The van der Waals surface area contributed by atoms with Gasteiger partial charge in [0, 0.05) is 24.5 Å². The predicted molar refractivity (Wildman–Crippen MR) is 136 cm³/mol. The maximum Gasteiger partial charge on any atom is 0.263 e. The summed E-state index contributed by atoms with van der Waals surface area (Å²) < 4.78 is 29.9. The second kappa shape index (κ2) is 11.3. The Kier molecular flexibility index (Phi) is 8.88. The molecule has 1 aliphatic heterocycles. The van der Waals surface area contributed by atoms with Crippen molar-refractivity contribution in [3.8, 4) is 0 Å². The van der Waals surface area contributed by atoms with E-state index in [1.54, 1.807) is 6.92 Å². The number of sulfonamides is 1. The Bertz CT molecular complexity index is 1160. The van der Waals surface area contributed by atoms with Crippen LogP contribution in [0.25, 0.3) is 10.2 Å². The van der Waals surface area contributed by atoms with Crippen molar-refractivity contribution in [3.63, 3.8) is 0 Å². The van der Waals surface area contributed by atoms with Crippen LogP contribution in [0, 0.1) is 18.8 Å². The van der Waals surface area contributed by atoms with Crippen LogP contribution in [0.4, 0.5) is 0 Å². The molecule has 0 spiro atoms. The minimum atomic E-state index is -3.86. The summed E-state index contributed by atoms with van der Waals surface area (Å²) in [6, 6.07) is 0. The molecule has 0 bridgehead atoms. The number of aromatic nitrogens is 2. The highest BCUT2D eigenvalue weighted by Gasteiger charge is 2.35. The Hall–Kier alpha value is -1.82. The van der Waals surface area contributed by atoms with Crippen molar-refractivity contribution in [2.24, 2.45) is 11.8 Å². The lowest BCUT2D eigenvalue weighted by atomic mass is 9.94. The Morgan fingerprint density at radius 1 is 1.24 bits per heavy atom. The number of rotatable bonds is 10. The third kappa shape index (κ3) is 5.87. The first-order valence-corrected chi connectivity index (χ1v) is 14.3. The van der Waals surface area contributed by atoms with Crippen molar-refractivity contribution >= 4 is 37.5 Å². The number of nitrogens with one attached hydrogen (secondary N) is 1. The van der Waals surface area contributed by atoms with E-state index in [0.717, 1.165) is 32.5 Å². The van der Waals surface area contributed by atoms with Crippen LogP contribution in [-0.4, -0.2) is 72.3 Å². The summed E-state index contributed by atoms with van der Waals surface area (Å²) in [6.07, 6.45) is 3.13. The molecular formula is C23H37N5O4S2. The van der Waals surface area contributed by atoms with Gasteiger partial charge in [0.15, 0.2) is 0 Å². The van der Waals surface area contributed by atoms with E-state index in [1.807, 2.05) is 13.8 Å². The van der Waals surface area contributed by atoms with Gasteiger partial charge in [0.25, 0.3) is 5.56 Å². The largest absolute Gasteiger partial charge is 0.354 e. The van der Waals surface area contributed by atoms with Crippen LogP contribution in [0.3, 0.4) is 0 Å². The smallest absolute Gasteiger partial charge is 0.263 e. The monoisotopic (exact) mass is 511 g/mol. The topological polar surface area (TPSA) is 105 Å². The summed E-state index contributed by atoms with van der Waals surface area (Å²) in [5.41, 5.74) is -0.496. The zero-order chi connectivity index (χ0) is 25.0. The standard InChI is InChI=1S/C23H37N5O4S2/c1-6-26(7-2)10-8-9-24-19(29)14-27-15-25-22-20(23(27)30)21(18(5)33-22)34(31,32)28-12-16(3)11-17(4)13-28/h15-17H,6-14H2,1-5H3,(H,24,29)/t16-,17-/m0/s1. The molecule has 1 amide bonds. The second-order valence-corrected chi connectivity index (χ2v) is 12.4. The van der Waals surface area contributed by atoms with Gasteiger partial charge in [0.05, 0.1) is 11.7 Å². The van der Waals surface area contributed by atoms with Crippen molar-refractivity contribution < 1.29 is 13.2 Å². The van der Waals surface area contributed by atoms with Crippen molar-refractivity contribution in [1.82, 2.24) is 24.1 Å². The lowest BCUT2D eigenvalue weighted by Gasteiger charge is -2.34. The predicted octanol–water partition coefficient (Wildman–Crippen LogP) is 2.28. The van der Waals surface area contributed by atoms with Gasteiger partial charge < -0.3 is 10.2 Å². The normalized spacial score (nSPS) is 19.7. The van der Waals surface area contributed by atoms with Gasteiger partial charge in [-0.2, -0.15) is 4.31 Å². The summed E-state index contributed by atoms with van der Waals surface area (Å²) in [4.78, 5) is 33.3. The molecule has 0 aromatic carbocycles. The maximum absolute atomic E-state index is 13.6. The van der Waals surface area contributed by atoms with Crippen molar-refractivity contribution in [2.45, 2.75) is 58.9 Å². The van der Waals surface area contributed by atoms with Gasteiger partial charge >= 0.3 is 0 Å². The van der Waals surface area contributed by atoms with E-state index in [4.69, 9.17) is 0 Å². The highest BCUT2D eigenvalue weighted by Crippen LogP contribution is 2.35. The number of amides is 1. The van der Waals surface area contributed by atoms with E-state index in [-0.39, 0.29) is 34.6 Å². The summed E-state index contributed by atoms with van der Waals surface area (Å²) >= 11 is 1.20. The SMILES string of the molecule is CCN(CC)CCCNC(=O)Cn1cnc2sc(C)c(S(=O)(=O)N3C[C@@H](C)C[C@H](C)C3)c2c1=O. The fourth-order valence-corrected chi connectivity index (χ4v) is 8.09. The van der Waals surface area contributed by atoms with Crippen LogP contribution in [-0.2, 0) is 21.4 Å². The average Bonchev–Trinajstić information content (AvgIpc) is 3.12. The van der Waals surface area contributed by atoms with E-state index in [1.165, 1.54) is 26.5 Å². The average molecular weight is 512 g/mol. The molecule has 3 heterocycles. The van der Waals surface area contributed by atoms with E-state index >= 15 is 0 Å². The number of thiophene rings is 1. The molecular weight excluding hydrogens is 474 g/mol. The third-order valence-electron chi connectivity index (χ3n) is 6.41. The molecule has 1 aliphatic rings. The van der Waals surface area contributed by atoms with Crippen LogP contribution >= 0.6 is 11.3 Å². The van der Waals surface area contributed by atoms with E-state index in [0.29, 0.717) is 29.3 Å². The number of carbonyl (C=O) groups excluding carboxylic acids is 1. The molecule has 2 atom stereocenters. The molecule has 0 saturated carbocycles. The van der Waals surface area contributed by atoms with Crippen molar-refractivity contribution in [3.05, 3.63) is 21.6 Å². The van der Waals surface area contributed by atoms with E-state index in [2.05, 4.69) is 29.0 Å². The first-order valence-electron chi connectivity index (χ1n) is 12.1. The van der Waals surface area contributed by atoms with Crippen LogP contribution in [0.2, 0.25) is 0 Å². The van der Waals surface area contributed by atoms with Crippen LogP contribution in [0.5, 0.6) is 0 Å². The molecule has 0 aliphatic carbocycles. The number of fused-ring (bicyclic) bond motifs is 1. The van der Waals surface area contributed by atoms with Gasteiger partial charge in [-0.05, 0) is 51.2 Å². The Morgan fingerprint density at radius 3 is 2.50 bits per heavy atom. The molecule has 190 valence electrons. The van der Waals surface area contributed by atoms with Crippen LogP contribution in [0.15, 0.2) is 16.0 Å². The molecule has 0 radical (unpaired) electrons. The Morgan fingerprint density at radius 2 is 1.88 bits per heavy atom. The zero-order valence-corrected chi connectivity index (χ0v) is 22.5. The summed E-state index contributed by atoms with van der Waals surface area (Å²) in [5.74, 6) is 0.214. The molecule has 11 heteroatoms. The molecule has 2 aromatic heterocycles. The van der Waals surface area contributed by atoms with Gasteiger partial charge in [-0.15, -0.1) is 11.3 Å². The molecule has 9 nitrogen and oxygen atoms in total. The molecule has 34 heavy (non-hydrogen) atoms. The highest BCUT2D eigenvalue weighted by molar-refractivity contribution is 7.89. The van der Waals surface area contributed by atoms with Gasteiger partial charge in [0.1, 0.15) is 16.3 Å². The number of hydrogen-bond donors (Lipinski definition) is 1. The van der Waals surface area contributed by atoms with E-state index < -0.39 is 15.6 Å². The molecule has 1 saturated heterocycles. The van der Waals surface area contributed by atoms with Crippen molar-refractivity contribution in [2.75, 3.05) is 39.3 Å². The summed E-state index contributed by atoms with van der Waals surface area (Å²) in [6.45, 7) is 14.0. The summed E-state index contributed by atoms with van der Waals surface area (Å²) in [5, 5.41) is 2.93. The lowest BCUT2D eigenvalue weighted by Crippen LogP contribution is -2.43. The van der Waals surface area contributed by atoms with Gasteiger partial charge in [0.2, 0.25) is 15.9 Å². The number of hydrogen-bond acceptors (Lipinski definition) is 7. The third-order valence-corrected chi connectivity index (χ3v) is 9.56. The van der Waals surface area contributed by atoms with Gasteiger partial charge in [-0.1, -0.05) is 27.7 Å². The fraction of sp³-hybridized carbons (Fsp3) is 0.696. The summed E-state index contributed by atoms with van der Waals surface area (Å²) in [7, 11) is -3.86. The Balaban J connectivity index is 1.82. The molecule has 2 aromatic rings. The minimum Gasteiger partial charge on any atom is -0.354 e. The molecule has 1 N–H and O–H groups in total. The quantitative estimate of drug-likeness (QED) is 0.491. The zero-order valence-electron chi connectivity index (χ0n) is 20.8.